The van der Waals surface area contributed by atoms with Crippen molar-refractivity contribution in [1.82, 2.24) is 10.2 Å². The highest BCUT2D eigenvalue weighted by molar-refractivity contribution is 7.87. The molecule has 148 valence electrons. The predicted octanol–water partition coefficient (Wildman–Crippen LogP) is 3.14. The van der Waals surface area contributed by atoms with Crippen LogP contribution in [0.3, 0.4) is 0 Å². The van der Waals surface area contributed by atoms with E-state index in [9.17, 15) is 13.2 Å². The van der Waals surface area contributed by atoms with E-state index in [1.807, 2.05) is 20.8 Å². The lowest BCUT2D eigenvalue weighted by Crippen LogP contribution is -2.44. The zero-order valence-corrected chi connectivity index (χ0v) is 17.2. The maximum absolute atomic E-state index is 12.3. The minimum Gasteiger partial charge on any atom is -0.493 e. The molecule has 0 heterocycles. The minimum atomic E-state index is -3.75. The zero-order valence-electron chi connectivity index (χ0n) is 16.4. The first kappa shape index (κ1) is 22.1. The fraction of sp³-hybridized carbons (Fsp3) is 0.611. The van der Waals surface area contributed by atoms with Crippen molar-refractivity contribution in [2.75, 3.05) is 13.7 Å². The molecule has 1 atom stereocenters. The monoisotopic (exact) mass is 386 g/mol. The van der Waals surface area contributed by atoms with Gasteiger partial charge < -0.3 is 19.1 Å². The van der Waals surface area contributed by atoms with Gasteiger partial charge in [-0.2, -0.15) is 8.42 Å². The van der Waals surface area contributed by atoms with Crippen LogP contribution in [-0.4, -0.2) is 44.3 Å². The van der Waals surface area contributed by atoms with Gasteiger partial charge in [-0.25, -0.2) is 4.79 Å². The molecular formula is C18H30N2O5S. The average Bonchev–Trinajstić information content (AvgIpc) is 2.58. The molecule has 0 fully saturated rings. The van der Waals surface area contributed by atoms with E-state index in [0.717, 1.165) is 12.0 Å². The lowest BCUT2D eigenvalue weighted by molar-refractivity contribution is 0.174. The lowest BCUT2D eigenvalue weighted by atomic mass is 10.1. The highest BCUT2D eigenvalue weighted by atomic mass is 32.2. The number of hydrogen-bond acceptors (Lipinski definition) is 5. The predicted molar refractivity (Wildman–Crippen MR) is 102 cm³/mol. The molecule has 7 nitrogen and oxygen atoms in total. The summed E-state index contributed by atoms with van der Waals surface area (Å²) in [6, 6.07) is 4.92. The molecular weight excluding hydrogens is 356 g/mol. The topological polar surface area (TPSA) is 84.9 Å². The third-order valence-electron chi connectivity index (χ3n) is 4.08. The molecule has 8 heteroatoms. The van der Waals surface area contributed by atoms with Crippen molar-refractivity contribution in [3.63, 3.8) is 0 Å². The average molecular weight is 387 g/mol. The van der Waals surface area contributed by atoms with Crippen LogP contribution in [0, 0.1) is 0 Å². The van der Waals surface area contributed by atoms with Gasteiger partial charge in [-0.15, -0.1) is 0 Å². The Kier molecular flexibility index (Phi) is 8.20. The van der Waals surface area contributed by atoms with Crippen LogP contribution in [0.25, 0.3) is 0 Å². The summed E-state index contributed by atoms with van der Waals surface area (Å²) in [4.78, 5) is 14.1. The van der Waals surface area contributed by atoms with Crippen molar-refractivity contribution in [3.8, 4) is 11.5 Å². The van der Waals surface area contributed by atoms with Gasteiger partial charge in [-0.05, 0) is 51.8 Å². The fourth-order valence-corrected chi connectivity index (χ4v) is 2.78. The Balaban J connectivity index is 3.16. The van der Waals surface area contributed by atoms with Crippen molar-refractivity contribution in [2.24, 2.45) is 0 Å². The second-order valence-corrected chi connectivity index (χ2v) is 8.43. The largest absolute Gasteiger partial charge is 0.493 e. The summed E-state index contributed by atoms with van der Waals surface area (Å²) in [6.07, 6.45) is 0.804. The molecule has 2 amide bonds. The van der Waals surface area contributed by atoms with Crippen LogP contribution in [-0.2, 0) is 16.7 Å². The number of ether oxygens (including phenoxy) is 1. The lowest BCUT2D eigenvalue weighted by Gasteiger charge is -2.29. The van der Waals surface area contributed by atoms with Crippen LogP contribution in [0.15, 0.2) is 18.2 Å². The molecule has 0 bridgehead atoms. The summed E-state index contributed by atoms with van der Waals surface area (Å²) in [5.41, 5.74) is 0.756. The van der Waals surface area contributed by atoms with E-state index >= 15 is 0 Å². The summed E-state index contributed by atoms with van der Waals surface area (Å²) in [6.45, 7) is 9.81. The number of nitrogens with zero attached hydrogens (tertiary/aromatic N) is 1. The van der Waals surface area contributed by atoms with Crippen LogP contribution < -0.4 is 14.2 Å². The van der Waals surface area contributed by atoms with Gasteiger partial charge in [0.25, 0.3) is 0 Å². The van der Waals surface area contributed by atoms with Gasteiger partial charge in [-0.1, -0.05) is 13.0 Å². The number of carbonyl (C=O) groups excluding carboxylic acids is 1. The van der Waals surface area contributed by atoms with E-state index in [1.54, 1.807) is 36.9 Å². The second-order valence-electron chi connectivity index (χ2n) is 6.33. The Bertz CT molecular complexity index is 704. The third-order valence-corrected chi connectivity index (χ3v) is 5.64. The van der Waals surface area contributed by atoms with E-state index in [0.29, 0.717) is 18.8 Å². The number of urea groups is 1. The van der Waals surface area contributed by atoms with E-state index in [2.05, 4.69) is 5.32 Å². The van der Waals surface area contributed by atoms with Crippen molar-refractivity contribution >= 4 is 16.1 Å². The number of rotatable bonds is 9. The van der Waals surface area contributed by atoms with Gasteiger partial charge in [0.2, 0.25) is 0 Å². The van der Waals surface area contributed by atoms with Crippen LogP contribution in [0.4, 0.5) is 4.79 Å². The molecule has 0 spiro atoms. The van der Waals surface area contributed by atoms with Crippen LogP contribution in [0.1, 0.15) is 46.6 Å². The number of hydrogen-bond donors (Lipinski definition) is 1. The van der Waals surface area contributed by atoms with E-state index in [1.165, 1.54) is 7.11 Å². The normalized spacial score (nSPS) is 12.6. The second kappa shape index (κ2) is 9.66. The quantitative estimate of drug-likeness (QED) is 0.659. The first-order chi connectivity index (χ1) is 12.2. The first-order valence-corrected chi connectivity index (χ1v) is 10.3. The van der Waals surface area contributed by atoms with Crippen molar-refractivity contribution in [1.29, 1.82) is 0 Å². The maximum atomic E-state index is 12.3. The Morgan fingerprint density at radius 2 is 1.85 bits per heavy atom. The van der Waals surface area contributed by atoms with Gasteiger partial charge in [0.15, 0.2) is 11.5 Å². The molecule has 0 saturated heterocycles. The standard InChI is InChI=1S/C18H30N2O5S/c1-7-14(5)20(18(21)19-8-2)12-15-9-10-16(24-6)17(11-15)25-26(22,23)13(3)4/h9-11,13-14H,7-8,12H2,1-6H3,(H,19,21). The zero-order chi connectivity index (χ0) is 19.9. The van der Waals surface area contributed by atoms with Crippen molar-refractivity contribution in [2.45, 2.75) is 58.9 Å². The molecule has 0 radical (unpaired) electrons. The van der Waals surface area contributed by atoms with Gasteiger partial charge in [0.1, 0.15) is 0 Å². The SMILES string of the molecule is CCNC(=O)N(Cc1ccc(OC)c(OS(=O)(=O)C(C)C)c1)C(C)CC. The van der Waals surface area contributed by atoms with Crippen LogP contribution >= 0.6 is 0 Å². The molecule has 1 N–H and O–H groups in total. The molecule has 0 saturated carbocycles. The number of methoxy groups -OCH3 is 1. The Morgan fingerprint density at radius 3 is 2.35 bits per heavy atom. The summed E-state index contributed by atoms with van der Waals surface area (Å²) in [5.74, 6) is 0.449. The first-order valence-electron chi connectivity index (χ1n) is 8.80. The third kappa shape index (κ3) is 5.79. The molecule has 1 unspecified atom stereocenters. The number of carbonyl (C=O) groups is 1. The van der Waals surface area contributed by atoms with Gasteiger partial charge in [-0.3, -0.25) is 0 Å². The summed E-state index contributed by atoms with van der Waals surface area (Å²) >= 11 is 0. The number of amides is 2. The van der Waals surface area contributed by atoms with E-state index < -0.39 is 15.4 Å². The Labute approximate surface area is 156 Å². The maximum Gasteiger partial charge on any atom is 0.317 e. The van der Waals surface area contributed by atoms with Gasteiger partial charge in [0, 0.05) is 19.1 Å². The highest BCUT2D eigenvalue weighted by Gasteiger charge is 2.23. The van der Waals surface area contributed by atoms with Crippen LogP contribution in [0.2, 0.25) is 0 Å². The van der Waals surface area contributed by atoms with Crippen molar-refractivity contribution < 1.29 is 22.1 Å². The summed E-state index contributed by atoms with van der Waals surface area (Å²) in [7, 11) is -2.30. The van der Waals surface area contributed by atoms with E-state index in [4.69, 9.17) is 8.92 Å². The summed E-state index contributed by atoms with van der Waals surface area (Å²) in [5, 5.41) is 2.13. The molecule has 26 heavy (non-hydrogen) atoms. The van der Waals surface area contributed by atoms with Crippen LogP contribution in [0.5, 0.6) is 11.5 Å². The molecule has 0 aliphatic heterocycles. The molecule has 0 aliphatic rings. The smallest absolute Gasteiger partial charge is 0.317 e. The number of nitrogens with one attached hydrogen (secondary N) is 1. The van der Waals surface area contributed by atoms with Crippen molar-refractivity contribution in [3.05, 3.63) is 23.8 Å². The molecule has 1 rings (SSSR count). The highest BCUT2D eigenvalue weighted by Crippen LogP contribution is 2.30. The van der Waals surface area contributed by atoms with E-state index in [-0.39, 0.29) is 17.8 Å². The minimum absolute atomic E-state index is 0.0346. The molecule has 1 aromatic carbocycles. The fourth-order valence-electron chi connectivity index (χ4n) is 2.20. The molecule has 0 aliphatic carbocycles. The summed E-state index contributed by atoms with van der Waals surface area (Å²) < 4.78 is 34.6. The number of benzene rings is 1. The van der Waals surface area contributed by atoms with Gasteiger partial charge >= 0.3 is 16.1 Å². The molecule has 0 aromatic heterocycles. The van der Waals surface area contributed by atoms with Gasteiger partial charge in [0.05, 0.1) is 12.4 Å². The Hall–Kier alpha value is -1.96. The molecule has 1 aromatic rings. The Morgan fingerprint density at radius 1 is 1.19 bits per heavy atom.